The lowest BCUT2D eigenvalue weighted by Crippen LogP contribution is -2.20. The maximum Gasteiger partial charge on any atom is 0.135 e. The summed E-state index contributed by atoms with van der Waals surface area (Å²) < 4.78 is 1.04. The zero-order chi connectivity index (χ0) is 14.4. The molecule has 2 rings (SSSR count). The van der Waals surface area contributed by atoms with Gasteiger partial charge in [-0.25, -0.2) is 9.97 Å². The Morgan fingerprint density at radius 3 is 2.70 bits per heavy atom. The summed E-state index contributed by atoms with van der Waals surface area (Å²) in [4.78, 5) is 10.4. The van der Waals surface area contributed by atoms with Gasteiger partial charge in [0.2, 0.25) is 0 Å². The van der Waals surface area contributed by atoms with Crippen molar-refractivity contribution in [1.29, 1.82) is 0 Å². The minimum absolute atomic E-state index is 0.180. The van der Waals surface area contributed by atoms with Gasteiger partial charge in [0.15, 0.2) is 0 Å². The van der Waals surface area contributed by atoms with Crippen LogP contribution >= 0.6 is 15.9 Å². The molecule has 1 heterocycles. The van der Waals surface area contributed by atoms with Gasteiger partial charge in [0.1, 0.15) is 18.0 Å². The normalized spacial score (nSPS) is 10.3. The van der Waals surface area contributed by atoms with E-state index in [0.29, 0.717) is 0 Å². The van der Waals surface area contributed by atoms with Crippen LogP contribution in [0.2, 0.25) is 0 Å². The second-order valence-electron chi connectivity index (χ2n) is 4.39. The standard InChI is InChI=1S/C14H17BrN4O/c1-19(7-2-8-20)14-9-13(16-10-17-14)18-12-5-3-11(15)4-6-12/h3-6,9-10,20H,2,7-8H2,1H3,(H,16,17,18). The van der Waals surface area contributed by atoms with E-state index in [-0.39, 0.29) is 6.61 Å². The molecule has 0 radical (unpaired) electrons. The predicted molar refractivity (Wildman–Crippen MR) is 84.4 cm³/mol. The molecule has 1 aromatic heterocycles. The maximum absolute atomic E-state index is 8.86. The molecule has 2 N–H and O–H groups in total. The average molecular weight is 337 g/mol. The highest BCUT2D eigenvalue weighted by atomic mass is 79.9. The minimum Gasteiger partial charge on any atom is -0.396 e. The fourth-order valence-corrected chi connectivity index (χ4v) is 1.99. The fraction of sp³-hybridized carbons (Fsp3) is 0.286. The summed E-state index contributed by atoms with van der Waals surface area (Å²) in [7, 11) is 1.95. The highest BCUT2D eigenvalue weighted by molar-refractivity contribution is 9.10. The van der Waals surface area contributed by atoms with Crippen LogP contribution in [0.5, 0.6) is 0 Å². The quantitative estimate of drug-likeness (QED) is 0.849. The molecule has 106 valence electrons. The summed E-state index contributed by atoms with van der Waals surface area (Å²) in [5.41, 5.74) is 0.968. The number of aliphatic hydroxyl groups excluding tert-OH is 1. The van der Waals surface area contributed by atoms with Gasteiger partial charge in [0, 0.05) is 36.4 Å². The van der Waals surface area contributed by atoms with Gasteiger partial charge in [-0.3, -0.25) is 0 Å². The van der Waals surface area contributed by atoms with Crippen LogP contribution < -0.4 is 10.2 Å². The number of aromatic nitrogens is 2. The van der Waals surface area contributed by atoms with Gasteiger partial charge < -0.3 is 15.3 Å². The molecule has 0 bridgehead atoms. The Labute approximate surface area is 126 Å². The molecule has 0 aliphatic heterocycles. The van der Waals surface area contributed by atoms with E-state index >= 15 is 0 Å². The lowest BCUT2D eigenvalue weighted by atomic mass is 10.3. The van der Waals surface area contributed by atoms with Crippen LogP contribution in [0, 0.1) is 0 Å². The highest BCUT2D eigenvalue weighted by Gasteiger charge is 2.04. The molecule has 2 aromatic rings. The van der Waals surface area contributed by atoms with E-state index in [2.05, 4.69) is 31.2 Å². The Balaban J connectivity index is 2.07. The summed E-state index contributed by atoms with van der Waals surface area (Å²) in [6.45, 7) is 0.935. The molecule has 0 amide bonds. The van der Waals surface area contributed by atoms with E-state index in [0.717, 1.165) is 34.8 Å². The first-order chi connectivity index (χ1) is 9.69. The third-order valence-corrected chi connectivity index (χ3v) is 3.34. The molecular weight excluding hydrogens is 320 g/mol. The second-order valence-corrected chi connectivity index (χ2v) is 5.31. The third-order valence-electron chi connectivity index (χ3n) is 2.81. The number of hydrogen-bond acceptors (Lipinski definition) is 5. The van der Waals surface area contributed by atoms with Gasteiger partial charge in [0.25, 0.3) is 0 Å². The number of hydrogen-bond donors (Lipinski definition) is 2. The predicted octanol–water partition coefficient (Wildman–Crippen LogP) is 2.80. The number of nitrogens with zero attached hydrogens (tertiary/aromatic N) is 3. The largest absolute Gasteiger partial charge is 0.396 e. The molecule has 20 heavy (non-hydrogen) atoms. The van der Waals surface area contributed by atoms with Crippen LogP contribution in [0.3, 0.4) is 0 Å². The van der Waals surface area contributed by atoms with Crippen molar-refractivity contribution >= 4 is 33.3 Å². The first kappa shape index (κ1) is 14.7. The van der Waals surface area contributed by atoms with E-state index in [4.69, 9.17) is 5.11 Å². The molecule has 0 unspecified atom stereocenters. The molecule has 0 saturated carbocycles. The Kier molecular flexibility index (Phi) is 5.31. The van der Waals surface area contributed by atoms with E-state index in [1.54, 1.807) is 0 Å². The average Bonchev–Trinajstić information content (AvgIpc) is 2.47. The van der Waals surface area contributed by atoms with Gasteiger partial charge in [0.05, 0.1) is 0 Å². The van der Waals surface area contributed by atoms with Crippen LogP contribution in [-0.2, 0) is 0 Å². The van der Waals surface area contributed by atoms with Crippen molar-refractivity contribution in [2.75, 3.05) is 30.4 Å². The smallest absolute Gasteiger partial charge is 0.135 e. The lowest BCUT2D eigenvalue weighted by Gasteiger charge is -2.18. The SMILES string of the molecule is CN(CCCO)c1cc(Nc2ccc(Br)cc2)ncn1. The second kappa shape index (κ2) is 7.21. The summed E-state index contributed by atoms with van der Waals surface area (Å²) in [5.74, 6) is 1.57. The van der Waals surface area contributed by atoms with Crippen LogP contribution in [0.1, 0.15) is 6.42 Å². The molecular formula is C14H17BrN4O. The van der Waals surface area contributed by atoms with Crippen molar-refractivity contribution in [2.24, 2.45) is 0 Å². The van der Waals surface area contributed by atoms with E-state index in [1.165, 1.54) is 6.33 Å². The minimum atomic E-state index is 0.180. The number of anilines is 3. The summed E-state index contributed by atoms with van der Waals surface area (Å²) >= 11 is 3.41. The summed E-state index contributed by atoms with van der Waals surface area (Å²) in [5, 5.41) is 12.1. The number of aliphatic hydroxyl groups is 1. The first-order valence-electron chi connectivity index (χ1n) is 6.35. The third kappa shape index (κ3) is 4.18. The first-order valence-corrected chi connectivity index (χ1v) is 7.15. The molecule has 0 spiro atoms. The van der Waals surface area contributed by atoms with Gasteiger partial charge in [-0.05, 0) is 30.7 Å². The van der Waals surface area contributed by atoms with E-state index in [9.17, 15) is 0 Å². The van der Waals surface area contributed by atoms with E-state index in [1.807, 2.05) is 42.3 Å². The Hall–Kier alpha value is -1.66. The molecule has 0 aliphatic rings. The zero-order valence-corrected chi connectivity index (χ0v) is 12.8. The summed E-state index contributed by atoms with van der Waals surface area (Å²) in [6, 6.07) is 9.78. The molecule has 0 atom stereocenters. The van der Waals surface area contributed by atoms with E-state index < -0.39 is 0 Å². The van der Waals surface area contributed by atoms with Crippen LogP contribution in [0.4, 0.5) is 17.3 Å². The maximum atomic E-state index is 8.86. The fourth-order valence-electron chi connectivity index (χ4n) is 1.73. The molecule has 0 aliphatic carbocycles. The van der Waals surface area contributed by atoms with Gasteiger partial charge in [-0.1, -0.05) is 15.9 Å². The van der Waals surface area contributed by atoms with Gasteiger partial charge in [-0.15, -0.1) is 0 Å². The van der Waals surface area contributed by atoms with Gasteiger partial charge >= 0.3 is 0 Å². The summed E-state index contributed by atoms with van der Waals surface area (Å²) in [6.07, 6.45) is 2.25. The van der Waals surface area contributed by atoms with Crippen molar-refractivity contribution in [1.82, 2.24) is 9.97 Å². The topological polar surface area (TPSA) is 61.3 Å². The van der Waals surface area contributed by atoms with Crippen LogP contribution in [0.25, 0.3) is 0 Å². The van der Waals surface area contributed by atoms with Crippen LogP contribution in [-0.4, -0.2) is 35.3 Å². The van der Waals surface area contributed by atoms with Crippen LogP contribution in [0.15, 0.2) is 41.1 Å². The number of benzene rings is 1. The number of rotatable bonds is 6. The Morgan fingerprint density at radius 1 is 1.25 bits per heavy atom. The molecule has 0 fully saturated rings. The van der Waals surface area contributed by atoms with Crippen molar-refractivity contribution in [3.05, 3.63) is 41.1 Å². The van der Waals surface area contributed by atoms with Crippen molar-refractivity contribution in [3.63, 3.8) is 0 Å². The number of nitrogens with one attached hydrogen (secondary N) is 1. The Bertz CT molecular complexity index is 547. The zero-order valence-electron chi connectivity index (χ0n) is 11.3. The molecule has 1 aromatic carbocycles. The van der Waals surface area contributed by atoms with Gasteiger partial charge in [-0.2, -0.15) is 0 Å². The molecule has 6 heteroatoms. The Morgan fingerprint density at radius 2 is 2.00 bits per heavy atom. The lowest BCUT2D eigenvalue weighted by molar-refractivity contribution is 0.290. The number of halogens is 1. The van der Waals surface area contributed by atoms with Crippen molar-refractivity contribution in [3.8, 4) is 0 Å². The molecule has 5 nitrogen and oxygen atoms in total. The highest BCUT2D eigenvalue weighted by Crippen LogP contribution is 2.20. The van der Waals surface area contributed by atoms with Crippen molar-refractivity contribution < 1.29 is 5.11 Å². The monoisotopic (exact) mass is 336 g/mol. The van der Waals surface area contributed by atoms with Crippen molar-refractivity contribution in [2.45, 2.75) is 6.42 Å². The molecule has 0 saturated heterocycles.